The summed E-state index contributed by atoms with van der Waals surface area (Å²) in [5, 5.41) is 12.3. The lowest BCUT2D eigenvalue weighted by atomic mass is 10.0. The van der Waals surface area contributed by atoms with Crippen LogP contribution in [0.25, 0.3) is 11.5 Å². The number of rotatable bonds is 12. The molecule has 1 aromatic heterocycles. The zero-order chi connectivity index (χ0) is 26.9. The maximum Gasteiger partial charge on any atom is 0.326 e. The van der Waals surface area contributed by atoms with Crippen LogP contribution >= 0.6 is 15.9 Å². The number of hydrogen-bond donors (Lipinski definition) is 2. The lowest BCUT2D eigenvalue weighted by molar-refractivity contribution is -0.141. The highest BCUT2D eigenvalue weighted by molar-refractivity contribution is 9.10. The largest absolute Gasteiger partial charge is 0.492 e. The summed E-state index contributed by atoms with van der Waals surface area (Å²) in [6, 6.07) is 23.8. The average Bonchev–Trinajstić information content (AvgIpc) is 3.29. The minimum atomic E-state index is -1.08. The van der Waals surface area contributed by atoms with E-state index in [1.807, 2.05) is 73.7 Å². The van der Waals surface area contributed by atoms with Gasteiger partial charge >= 0.3 is 5.97 Å². The molecule has 0 radical (unpaired) electrons. The van der Waals surface area contributed by atoms with Gasteiger partial charge in [-0.2, -0.15) is 0 Å². The van der Waals surface area contributed by atoms with E-state index in [0.29, 0.717) is 35.6 Å². The van der Waals surface area contributed by atoms with Crippen molar-refractivity contribution in [3.05, 3.63) is 106 Å². The number of carboxylic acids is 1. The van der Waals surface area contributed by atoms with Gasteiger partial charge in [-0.25, -0.2) is 9.78 Å². The van der Waals surface area contributed by atoms with E-state index in [0.717, 1.165) is 28.1 Å². The molecular formula is C30H29BrN2O5. The van der Waals surface area contributed by atoms with Crippen molar-refractivity contribution in [2.24, 2.45) is 0 Å². The van der Waals surface area contributed by atoms with Gasteiger partial charge < -0.3 is 19.6 Å². The molecule has 0 unspecified atom stereocenters. The number of aryl methyl sites for hydroxylation is 2. The van der Waals surface area contributed by atoms with Crippen LogP contribution in [0.3, 0.4) is 0 Å². The van der Waals surface area contributed by atoms with E-state index < -0.39 is 12.0 Å². The van der Waals surface area contributed by atoms with E-state index in [2.05, 4.69) is 26.2 Å². The number of carbonyl (C=O) groups excluding carboxylic acids is 1. The zero-order valence-corrected chi connectivity index (χ0v) is 22.6. The number of aromatic nitrogens is 1. The van der Waals surface area contributed by atoms with E-state index in [-0.39, 0.29) is 18.7 Å². The molecule has 1 heterocycles. The van der Waals surface area contributed by atoms with Crippen molar-refractivity contribution in [2.45, 2.75) is 38.6 Å². The summed E-state index contributed by atoms with van der Waals surface area (Å²) in [6.45, 7) is 2.29. The fourth-order valence-electron chi connectivity index (χ4n) is 4.02. The Bertz CT molecular complexity index is 1370. The fourth-order valence-corrected chi connectivity index (χ4v) is 4.56. The Balaban J connectivity index is 1.29. The topological polar surface area (TPSA) is 102 Å². The highest BCUT2D eigenvalue weighted by Gasteiger charge is 2.21. The van der Waals surface area contributed by atoms with Crippen molar-refractivity contribution in [2.75, 3.05) is 6.61 Å². The average molecular weight is 577 g/mol. The molecule has 3 aromatic carbocycles. The number of oxazole rings is 1. The van der Waals surface area contributed by atoms with Gasteiger partial charge in [0.2, 0.25) is 11.8 Å². The third-order valence-electron chi connectivity index (χ3n) is 6.06. The molecule has 4 aromatic rings. The van der Waals surface area contributed by atoms with Crippen LogP contribution in [0.15, 0.2) is 87.8 Å². The van der Waals surface area contributed by atoms with Crippen molar-refractivity contribution in [1.29, 1.82) is 0 Å². The molecule has 0 aliphatic rings. The van der Waals surface area contributed by atoms with E-state index in [9.17, 15) is 14.7 Å². The number of carboxylic acid groups (broad SMARTS) is 1. The highest BCUT2D eigenvalue weighted by atomic mass is 79.9. The number of halogens is 1. The summed E-state index contributed by atoms with van der Waals surface area (Å²) >= 11 is 3.52. The first kappa shape index (κ1) is 27.1. The standard InChI is InChI=1S/C30H29BrN2O5/c1-20-25(33-29(38-20)23-10-6-3-7-11-23)16-17-37-27-14-12-22(18-24(27)31)19-26(30(35)36)32-28(34)15-13-21-8-4-2-5-9-21/h2-12,14,18,26H,13,15-17,19H2,1H3,(H,32,34)(H,35,36)/t26-/m0/s1. The minimum absolute atomic E-state index is 0.158. The fraction of sp³-hybridized carbons (Fsp3) is 0.233. The molecule has 1 atom stereocenters. The predicted molar refractivity (Wildman–Crippen MR) is 148 cm³/mol. The van der Waals surface area contributed by atoms with E-state index >= 15 is 0 Å². The molecule has 0 spiro atoms. The molecule has 0 fully saturated rings. The third-order valence-corrected chi connectivity index (χ3v) is 6.68. The first-order valence-electron chi connectivity index (χ1n) is 12.4. The van der Waals surface area contributed by atoms with Gasteiger partial charge in [0.05, 0.1) is 16.8 Å². The van der Waals surface area contributed by atoms with Gasteiger partial charge in [0.1, 0.15) is 17.6 Å². The summed E-state index contributed by atoms with van der Waals surface area (Å²) in [6.07, 6.45) is 1.51. The number of ether oxygens (including phenoxy) is 1. The van der Waals surface area contributed by atoms with E-state index in [1.165, 1.54) is 0 Å². The molecule has 8 heteroatoms. The van der Waals surface area contributed by atoms with Gasteiger partial charge in [-0.05, 0) is 64.7 Å². The molecule has 196 valence electrons. The maximum absolute atomic E-state index is 12.4. The van der Waals surface area contributed by atoms with Crippen LogP contribution in [-0.2, 0) is 28.9 Å². The molecule has 0 saturated carbocycles. The number of amides is 1. The Kier molecular flexibility index (Phi) is 9.32. The van der Waals surface area contributed by atoms with Gasteiger partial charge in [-0.15, -0.1) is 0 Å². The van der Waals surface area contributed by atoms with Crippen LogP contribution in [0.1, 0.15) is 29.0 Å². The first-order chi connectivity index (χ1) is 18.4. The quantitative estimate of drug-likeness (QED) is 0.222. The smallest absolute Gasteiger partial charge is 0.326 e. The summed E-state index contributed by atoms with van der Waals surface area (Å²) < 4.78 is 12.5. The molecule has 2 N–H and O–H groups in total. The molecule has 1 amide bonds. The lowest BCUT2D eigenvalue weighted by Crippen LogP contribution is -2.42. The second-order valence-electron chi connectivity index (χ2n) is 8.90. The number of nitrogens with zero attached hydrogens (tertiary/aromatic N) is 1. The Morgan fingerprint density at radius 3 is 2.39 bits per heavy atom. The molecule has 0 aliphatic carbocycles. The Morgan fingerprint density at radius 2 is 1.71 bits per heavy atom. The number of nitrogens with one attached hydrogen (secondary N) is 1. The molecule has 7 nitrogen and oxygen atoms in total. The van der Waals surface area contributed by atoms with Crippen LogP contribution < -0.4 is 10.1 Å². The summed E-state index contributed by atoms with van der Waals surface area (Å²) in [7, 11) is 0. The van der Waals surface area contributed by atoms with Gasteiger partial charge in [0.25, 0.3) is 0 Å². The predicted octanol–water partition coefficient (Wildman–Crippen LogP) is 5.78. The lowest BCUT2D eigenvalue weighted by Gasteiger charge is -2.16. The van der Waals surface area contributed by atoms with Crippen LogP contribution in [-0.4, -0.2) is 34.6 Å². The van der Waals surface area contributed by atoms with Crippen LogP contribution in [0.5, 0.6) is 5.75 Å². The second-order valence-corrected chi connectivity index (χ2v) is 9.75. The Hall–Kier alpha value is -3.91. The van der Waals surface area contributed by atoms with Crippen LogP contribution in [0, 0.1) is 6.92 Å². The van der Waals surface area contributed by atoms with Crippen molar-refractivity contribution >= 4 is 27.8 Å². The first-order valence-corrected chi connectivity index (χ1v) is 13.2. The van der Waals surface area contributed by atoms with Gasteiger partial charge in [0, 0.05) is 24.8 Å². The number of hydrogen-bond acceptors (Lipinski definition) is 5. The van der Waals surface area contributed by atoms with Crippen LogP contribution in [0.2, 0.25) is 0 Å². The van der Waals surface area contributed by atoms with Gasteiger partial charge in [-0.1, -0.05) is 54.6 Å². The Morgan fingerprint density at radius 1 is 1.00 bits per heavy atom. The van der Waals surface area contributed by atoms with Crippen molar-refractivity contribution in [1.82, 2.24) is 10.3 Å². The summed E-state index contributed by atoms with van der Waals surface area (Å²) in [5.41, 5.74) is 3.56. The van der Waals surface area contributed by atoms with Crippen molar-refractivity contribution in [3.63, 3.8) is 0 Å². The monoisotopic (exact) mass is 576 g/mol. The SMILES string of the molecule is Cc1oc(-c2ccccc2)nc1CCOc1ccc(C[C@H](NC(=O)CCc2ccccc2)C(=O)O)cc1Br. The van der Waals surface area contributed by atoms with E-state index in [4.69, 9.17) is 9.15 Å². The maximum atomic E-state index is 12.4. The summed E-state index contributed by atoms with van der Waals surface area (Å²) in [5.74, 6) is 0.610. The van der Waals surface area contributed by atoms with Gasteiger partial charge in [-0.3, -0.25) is 4.79 Å². The molecular weight excluding hydrogens is 548 g/mol. The van der Waals surface area contributed by atoms with Crippen LogP contribution in [0.4, 0.5) is 0 Å². The zero-order valence-electron chi connectivity index (χ0n) is 21.0. The van der Waals surface area contributed by atoms with Crippen molar-refractivity contribution < 1.29 is 23.8 Å². The van der Waals surface area contributed by atoms with Crippen molar-refractivity contribution in [3.8, 4) is 17.2 Å². The molecule has 0 bridgehead atoms. The van der Waals surface area contributed by atoms with Gasteiger partial charge in [0.15, 0.2) is 0 Å². The molecule has 0 aliphatic heterocycles. The molecule has 38 heavy (non-hydrogen) atoms. The highest BCUT2D eigenvalue weighted by Crippen LogP contribution is 2.27. The number of aliphatic carboxylic acids is 1. The molecule has 0 saturated heterocycles. The minimum Gasteiger partial charge on any atom is -0.492 e. The number of carbonyl (C=O) groups is 2. The number of benzene rings is 3. The summed E-state index contributed by atoms with van der Waals surface area (Å²) in [4.78, 5) is 28.8. The third kappa shape index (κ3) is 7.55. The Labute approximate surface area is 230 Å². The normalized spacial score (nSPS) is 11.6. The molecule has 4 rings (SSSR count). The second kappa shape index (κ2) is 13.1. The van der Waals surface area contributed by atoms with E-state index in [1.54, 1.807) is 12.1 Å².